The zero-order valence-corrected chi connectivity index (χ0v) is 26.7. The van der Waals surface area contributed by atoms with Crippen LogP contribution in [0, 0.1) is 0 Å². The minimum absolute atomic E-state index is 0.539. The Morgan fingerprint density at radius 3 is 1.60 bits per heavy atom. The van der Waals surface area contributed by atoms with Crippen molar-refractivity contribution in [3.8, 4) is 56.4 Å². The van der Waals surface area contributed by atoms with Crippen LogP contribution >= 0.6 is 0 Å². The summed E-state index contributed by atoms with van der Waals surface area (Å²) < 4.78 is 13.0. The molecule has 3 aromatic heterocycles. The van der Waals surface area contributed by atoms with E-state index in [0.717, 1.165) is 77.3 Å². The summed E-state index contributed by atoms with van der Waals surface area (Å²) in [6.07, 6.45) is 0. The number of hydrogen-bond donors (Lipinski definition) is 0. The van der Waals surface area contributed by atoms with Gasteiger partial charge in [-0.3, -0.25) is 0 Å². The molecule has 0 fully saturated rings. The molecule has 10 aromatic rings. The molecule has 0 aliphatic carbocycles. The standard InChI is InChI=1S/C45H27N3O2/c1-3-12-28(13-4-1)29-22-24-30(25-23-29)32-26-37(41-35-17-8-10-21-39(35)49-40(41)27-32)45-47-43(31-14-5-2-6-15-31)46-44(48-45)36-19-11-18-34-33-16-7-9-20-38(33)50-42(34)36/h1-27H. The molecule has 0 saturated carbocycles. The fourth-order valence-electron chi connectivity index (χ4n) is 6.94. The molecule has 5 nitrogen and oxygen atoms in total. The summed E-state index contributed by atoms with van der Waals surface area (Å²) in [4.78, 5) is 15.4. The molecule has 0 aliphatic rings. The predicted molar refractivity (Wildman–Crippen MR) is 202 cm³/mol. The summed E-state index contributed by atoms with van der Waals surface area (Å²) in [6.45, 7) is 0. The van der Waals surface area contributed by atoms with Crippen molar-refractivity contribution in [2.24, 2.45) is 0 Å². The zero-order chi connectivity index (χ0) is 33.0. The second kappa shape index (κ2) is 11.4. The van der Waals surface area contributed by atoms with Crippen molar-refractivity contribution >= 4 is 43.9 Å². The molecule has 50 heavy (non-hydrogen) atoms. The van der Waals surface area contributed by atoms with E-state index >= 15 is 0 Å². The summed E-state index contributed by atoms with van der Waals surface area (Å²) in [5.74, 6) is 1.68. The third kappa shape index (κ3) is 4.67. The fraction of sp³-hybridized carbons (Fsp3) is 0. The van der Waals surface area contributed by atoms with Gasteiger partial charge in [0, 0.05) is 32.7 Å². The largest absolute Gasteiger partial charge is 0.456 e. The number of aromatic nitrogens is 3. The van der Waals surface area contributed by atoms with E-state index in [4.69, 9.17) is 23.8 Å². The van der Waals surface area contributed by atoms with Gasteiger partial charge in [-0.1, -0.05) is 133 Å². The lowest BCUT2D eigenvalue weighted by atomic mass is 9.96. The molecule has 0 saturated heterocycles. The van der Waals surface area contributed by atoms with Crippen molar-refractivity contribution in [3.05, 3.63) is 164 Å². The molecule has 0 spiro atoms. The van der Waals surface area contributed by atoms with E-state index in [1.165, 1.54) is 5.56 Å². The Hall–Kier alpha value is -6.85. The van der Waals surface area contributed by atoms with Gasteiger partial charge in [0.05, 0.1) is 5.56 Å². The Bertz CT molecular complexity index is 2850. The molecule has 7 aromatic carbocycles. The van der Waals surface area contributed by atoms with Crippen LogP contribution in [0.4, 0.5) is 0 Å². The minimum Gasteiger partial charge on any atom is -0.456 e. The Balaban J connectivity index is 1.23. The van der Waals surface area contributed by atoms with Gasteiger partial charge < -0.3 is 8.83 Å². The molecule has 0 atom stereocenters. The first-order chi connectivity index (χ1) is 24.8. The molecule has 0 radical (unpaired) electrons. The first-order valence-corrected chi connectivity index (χ1v) is 16.6. The van der Waals surface area contributed by atoms with E-state index in [1.54, 1.807) is 0 Å². The van der Waals surface area contributed by atoms with Crippen molar-refractivity contribution in [3.63, 3.8) is 0 Å². The van der Waals surface area contributed by atoms with E-state index in [0.29, 0.717) is 17.5 Å². The maximum absolute atomic E-state index is 6.50. The lowest BCUT2D eigenvalue weighted by Crippen LogP contribution is -2.01. The lowest BCUT2D eigenvalue weighted by Gasteiger charge is -2.11. The third-order valence-corrected chi connectivity index (χ3v) is 9.36. The molecule has 0 unspecified atom stereocenters. The molecule has 5 heteroatoms. The number of nitrogens with zero attached hydrogens (tertiary/aromatic N) is 3. The van der Waals surface area contributed by atoms with Gasteiger partial charge in [0.2, 0.25) is 0 Å². The smallest absolute Gasteiger partial charge is 0.167 e. The summed E-state index contributed by atoms with van der Waals surface area (Å²) in [6, 6.07) is 55.8. The Labute approximate surface area is 287 Å². The first kappa shape index (κ1) is 28.2. The highest BCUT2D eigenvalue weighted by Crippen LogP contribution is 2.41. The third-order valence-electron chi connectivity index (χ3n) is 9.36. The molecule has 234 valence electrons. The molecular formula is C45H27N3O2. The van der Waals surface area contributed by atoms with Crippen molar-refractivity contribution < 1.29 is 8.83 Å². The number of para-hydroxylation sites is 3. The van der Waals surface area contributed by atoms with Gasteiger partial charge in [0.25, 0.3) is 0 Å². The van der Waals surface area contributed by atoms with Crippen molar-refractivity contribution in [2.75, 3.05) is 0 Å². The molecule has 10 rings (SSSR count). The van der Waals surface area contributed by atoms with Gasteiger partial charge >= 0.3 is 0 Å². The van der Waals surface area contributed by atoms with Gasteiger partial charge in [-0.15, -0.1) is 0 Å². The average molecular weight is 642 g/mol. The number of rotatable bonds is 5. The maximum atomic E-state index is 6.50. The van der Waals surface area contributed by atoms with Crippen LogP contribution in [-0.2, 0) is 0 Å². The number of fused-ring (bicyclic) bond motifs is 6. The predicted octanol–water partition coefficient (Wildman–Crippen LogP) is 12.0. The second-order valence-electron chi connectivity index (χ2n) is 12.4. The quantitative estimate of drug-likeness (QED) is 0.187. The molecular weight excluding hydrogens is 615 g/mol. The molecule has 0 amide bonds. The minimum atomic E-state index is 0.539. The summed E-state index contributed by atoms with van der Waals surface area (Å²) >= 11 is 0. The highest BCUT2D eigenvalue weighted by molar-refractivity contribution is 6.13. The van der Waals surface area contributed by atoms with Crippen LogP contribution in [0.3, 0.4) is 0 Å². The molecule has 3 heterocycles. The monoisotopic (exact) mass is 641 g/mol. The number of hydrogen-bond acceptors (Lipinski definition) is 5. The van der Waals surface area contributed by atoms with E-state index < -0.39 is 0 Å². The van der Waals surface area contributed by atoms with Gasteiger partial charge in [-0.05, 0) is 52.6 Å². The maximum Gasteiger partial charge on any atom is 0.167 e. The van der Waals surface area contributed by atoms with Gasteiger partial charge in [0.15, 0.2) is 17.5 Å². The Morgan fingerprint density at radius 1 is 0.320 bits per heavy atom. The summed E-state index contributed by atoms with van der Waals surface area (Å²) in [5.41, 5.74) is 10.1. The van der Waals surface area contributed by atoms with Crippen LogP contribution in [0.5, 0.6) is 0 Å². The van der Waals surface area contributed by atoms with E-state index in [-0.39, 0.29) is 0 Å². The second-order valence-corrected chi connectivity index (χ2v) is 12.4. The summed E-state index contributed by atoms with van der Waals surface area (Å²) in [7, 11) is 0. The topological polar surface area (TPSA) is 65.0 Å². The number of furan rings is 2. The normalized spacial score (nSPS) is 11.6. The molecule has 0 aliphatic heterocycles. The van der Waals surface area contributed by atoms with Gasteiger partial charge in [-0.25, -0.2) is 15.0 Å². The van der Waals surface area contributed by atoms with Gasteiger partial charge in [-0.2, -0.15) is 0 Å². The molecule has 0 N–H and O–H groups in total. The van der Waals surface area contributed by atoms with Crippen molar-refractivity contribution in [1.29, 1.82) is 0 Å². The van der Waals surface area contributed by atoms with Crippen LogP contribution in [-0.4, -0.2) is 15.0 Å². The zero-order valence-electron chi connectivity index (χ0n) is 26.7. The van der Waals surface area contributed by atoms with Crippen molar-refractivity contribution in [1.82, 2.24) is 15.0 Å². The van der Waals surface area contributed by atoms with Crippen LogP contribution in [0.1, 0.15) is 0 Å². The summed E-state index contributed by atoms with van der Waals surface area (Å²) in [5, 5.41) is 4.04. The fourth-order valence-corrected chi connectivity index (χ4v) is 6.94. The lowest BCUT2D eigenvalue weighted by molar-refractivity contribution is 0.668. The van der Waals surface area contributed by atoms with E-state index in [9.17, 15) is 0 Å². The highest BCUT2D eigenvalue weighted by Gasteiger charge is 2.21. The Kier molecular flexibility index (Phi) is 6.42. The SMILES string of the molecule is c1ccc(-c2ccc(-c3cc(-c4nc(-c5ccccc5)nc(-c5cccc6c5oc5ccccc56)n4)c4c(c3)oc3ccccc34)cc2)cc1. The van der Waals surface area contributed by atoms with Gasteiger partial charge in [0.1, 0.15) is 22.3 Å². The Morgan fingerprint density at radius 2 is 0.860 bits per heavy atom. The molecule has 0 bridgehead atoms. The van der Waals surface area contributed by atoms with Crippen LogP contribution in [0.25, 0.3) is 100 Å². The van der Waals surface area contributed by atoms with Crippen LogP contribution in [0.15, 0.2) is 173 Å². The van der Waals surface area contributed by atoms with E-state index in [2.05, 4.69) is 78.9 Å². The van der Waals surface area contributed by atoms with Crippen LogP contribution in [0.2, 0.25) is 0 Å². The van der Waals surface area contributed by atoms with Crippen molar-refractivity contribution in [2.45, 2.75) is 0 Å². The average Bonchev–Trinajstić information content (AvgIpc) is 3.77. The highest BCUT2D eigenvalue weighted by atomic mass is 16.3. The first-order valence-electron chi connectivity index (χ1n) is 16.6. The van der Waals surface area contributed by atoms with E-state index in [1.807, 2.05) is 84.9 Å². The van der Waals surface area contributed by atoms with Crippen LogP contribution < -0.4 is 0 Å². The number of benzene rings is 7.